The summed E-state index contributed by atoms with van der Waals surface area (Å²) < 4.78 is 19.5. The lowest BCUT2D eigenvalue weighted by atomic mass is 10.2. The molecule has 0 aliphatic carbocycles. The number of nitrogens with one attached hydrogen (secondary N) is 1. The van der Waals surface area contributed by atoms with Gasteiger partial charge in [-0.2, -0.15) is 0 Å². The second-order valence-electron chi connectivity index (χ2n) is 4.95. The predicted octanol–water partition coefficient (Wildman–Crippen LogP) is 4.23. The molecular formula is C17H14FN3O2S2. The zero-order valence-electron chi connectivity index (χ0n) is 13.2. The number of hydrogen-bond donors (Lipinski definition) is 1. The van der Waals surface area contributed by atoms with Crippen LogP contribution in [-0.2, 0) is 5.75 Å². The van der Waals surface area contributed by atoms with Crippen molar-refractivity contribution in [3.05, 3.63) is 65.5 Å². The van der Waals surface area contributed by atoms with Crippen molar-refractivity contribution in [3.8, 4) is 5.75 Å². The molecule has 0 radical (unpaired) electrons. The van der Waals surface area contributed by atoms with Gasteiger partial charge in [0.05, 0.1) is 12.7 Å². The number of carbonyl (C=O) groups excluding carboxylic acids is 1. The minimum atomic E-state index is -0.572. The molecule has 5 nitrogen and oxygen atoms in total. The van der Waals surface area contributed by atoms with E-state index in [0.717, 1.165) is 11.3 Å². The van der Waals surface area contributed by atoms with Gasteiger partial charge in [0.25, 0.3) is 5.91 Å². The number of benzene rings is 2. The van der Waals surface area contributed by atoms with Gasteiger partial charge in [0.2, 0.25) is 5.13 Å². The van der Waals surface area contributed by atoms with Crippen LogP contribution in [0, 0.1) is 5.82 Å². The summed E-state index contributed by atoms with van der Waals surface area (Å²) in [6, 6.07) is 13.6. The molecule has 1 heterocycles. The van der Waals surface area contributed by atoms with Crippen LogP contribution in [-0.4, -0.2) is 23.2 Å². The van der Waals surface area contributed by atoms with Crippen molar-refractivity contribution >= 4 is 34.1 Å². The fourth-order valence-corrected chi connectivity index (χ4v) is 3.73. The highest BCUT2D eigenvalue weighted by molar-refractivity contribution is 8.00. The van der Waals surface area contributed by atoms with Gasteiger partial charge >= 0.3 is 0 Å². The van der Waals surface area contributed by atoms with Crippen LogP contribution in [0.3, 0.4) is 0 Å². The van der Waals surface area contributed by atoms with Crippen molar-refractivity contribution in [3.63, 3.8) is 0 Å². The quantitative estimate of drug-likeness (QED) is 0.516. The molecule has 0 unspecified atom stereocenters. The first-order valence-electron chi connectivity index (χ1n) is 7.31. The zero-order chi connectivity index (χ0) is 17.6. The number of rotatable bonds is 6. The first kappa shape index (κ1) is 17.4. The molecule has 3 aromatic rings. The van der Waals surface area contributed by atoms with Crippen LogP contribution in [0.4, 0.5) is 9.52 Å². The highest BCUT2D eigenvalue weighted by Gasteiger charge is 2.14. The fourth-order valence-electron chi connectivity index (χ4n) is 2.04. The van der Waals surface area contributed by atoms with Crippen LogP contribution in [0.15, 0.2) is 52.9 Å². The average molecular weight is 375 g/mol. The maximum Gasteiger partial charge on any atom is 0.260 e. The van der Waals surface area contributed by atoms with E-state index in [2.05, 4.69) is 15.5 Å². The Balaban J connectivity index is 1.60. The Labute approximate surface area is 152 Å². The number of methoxy groups -OCH3 is 1. The number of thioether (sulfide) groups is 1. The molecule has 0 saturated carbocycles. The SMILES string of the molecule is COc1cccc(CSc2nnc(NC(=O)c3ccccc3F)s2)c1. The van der Waals surface area contributed by atoms with E-state index in [1.54, 1.807) is 13.2 Å². The second-order valence-corrected chi connectivity index (χ2v) is 7.15. The summed E-state index contributed by atoms with van der Waals surface area (Å²) in [7, 11) is 1.63. The summed E-state index contributed by atoms with van der Waals surface area (Å²) in [5.41, 5.74) is 1.07. The minimum absolute atomic E-state index is 0.0247. The number of aromatic nitrogens is 2. The molecule has 0 aliphatic rings. The number of nitrogens with zero attached hydrogens (tertiary/aromatic N) is 2. The maximum absolute atomic E-state index is 13.6. The summed E-state index contributed by atoms with van der Waals surface area (Å²) in [6.07, 6.45) is 0. The van der Waals surface area contributed by atoms with Crippen molar-refractivity contribution < 1.29 is 13.9 Å². The Hall–Kier alpha value is -2.45. The second kappa shape index (κ2) is 8.09. The topological polar surface area (TPSA) is 64.1 Å². The Morgan fingerprint density at radius 1 is 1.24 bits per heavy atom. The van der Waals surface area contributed by atoms with Crippen molar-refractivity contribution in [1.82, 2.24) is 10.2 Å². The molecule has 8 heteroatoms. The highest BCUT2D eigenvalue weighted by atomic mass is 32.2. The Morgan fingerprint density at radius 3 is 2.88 bits per heavy atom. The van der Waals surface area contributed by atoms with Gasteiger partial charge in [-0.25, -0.2) is 4.39 Å². The van der Waals surface area contributed by atoms with Gasteiger partial charge in [0.1, 0.15) is 11.6 Å². The van der Waals surface area contributed by atoms with Crippen LogP contribution in [0.25, 0.3) is 0 Å². The van der Waals surface area contributed by atoms with Crippen LogP contribution < -0.4 is 10.1 Å². The predicted molar refractivity (Wildman–Crippen MR) is 96.8 cm³/mol. The van der Waals surface area contributed by atoms with Crippen LogP contribution >= 0.6 is 23.1 Å². The summed E-state index contributed by atoms with van der Waals surface area (Å²) in [5.74, 6) is 0.386. The fraction of sp³-hybridized carbons (Fsp3) is 0.118. The Morgan fingerprint density at radius 2 is 2.08 bits per heavy atom. The highest BCUT2D eigenvalue weighted by Crippen LogP contribution is 2.29. The largest absolute Gasteiger partial charge is 0.497 e. The van der Waals surface area contributed by atoms with Gasteiger partial charge in [-0.1, -0.05) is 47.4 Å². The number of halogens is 1. The van der Waals surface area contributed by atoms with E-state index in [1.165, 1.54) is 41.3 Å². The van der Waals surface area contributed by atoms with Gasteiger partial charge in [-0.3, -0.25) is 10.1 Å². The molecule has 128 valence electrons. The lowest BCUT2D eigenvalue weighted by Crippen LogP contribution is -2.13. The van der Waals surface area contributed by atoms with E-state index in [-0.39, 0.29) is 5.56 Å². The molecule has 0 bridgehead atoms. The molecule has 0 fully saturated rings. The molecule has 2 aromatic carbocycles. The minimum Gasteiger partial charge on any atom is -0.497 e. The zero-order valence-corrected chi connectivity index (χ0v) is 14.9. The van der Waals surface area contributed by atoms with Gasteiger partial charge in [-0.05, 0) is 29.8 Å². The van der Waals surface area contributed by atoms with Gasteiger partial charge in [0.15, 0.2) is 4.34 Å². The Kier molecular flexibility index (Phi) is 5.62. The first-order chi connectivity index (χ1) is 12.2. The monoisotopic (exact) mass is 375 g/mol. The lowest BCUT2D eigenvalue weighted by Gasteiger charge is -2.02. The van der Waals surface area contributed by atoms with Crippen LogP contribution in [0.1, 0.15) is 15.9 Å². The molecule has 1 amide bonds. The molecule has 0 spiro atoms. The molecule has 0 saturated heterocycles. The third kappa shape index (κ3) is 4.55. The van der Waals surface area contributed by atoms with Gasteiger partial charge < -0.3 is 4.74 Å². The third-order valence-corrected chi connectivity index (χ3v) is 5.29. The van der Waals surface area contributed by atoms with E-state index in [4.69, 9.17) is 4.74 Å². The molecule has 0 aliphatic heterocycles. The molecule has 1 N–H and O–H groups in total. The summed E-state index contributed by atoms with van der Waals surface area (Å²) in [5, 5.41) is 10.9. The Bertz CT molecular complexity index is 886. The number of ether oxygens (including phenoxy) is 1. The number of carbonyl (C=O) groups is 1. The normalized spacial score (nSPS) is 10.5. The van der Waals surface area contributed by atoms with Crippen molar-refractivity contribution in [2.24, 2.45) is 0 Å². The summed E-state index contributed by atoms with van der Waals surface area (Å²) in [6.45, 7) is 0. The first-order valence-corrected chi connectivity index (χ1v) is 9.11. The average Bonchev–Trinajstić information content (AvgIpc) is 3.08. The van der Waals surface area contributed by atoms with E-state index < -0.39 is 11.7 Å². The van der Waals surface area contributed by atoms with E-state index in [1.807, 2.05) is 24.3 Å². The molecule has 1 aromatic heterocycles. The summed E-state index contributed by atoms with van der Waals surface area (Å²) in [4.78, 5) is 12.1. The van der Waals surface area contributed by atoms with E-state index >= 15 is 0 Å². The van der Waals surface area contributed by atoms with Crippen molar-refractivity contribution in [1.29, 1.82) is 0 Å². The van der Waals surface area contributed by atoms with Crippen LogP contribution in [0.2, 0.25) is 0 Å². The molecule has 3 rings (SSSR count). The standard InChI is InChI=1S/C17H14FN3O2S2/c1-23-12-6-4-5-11(9-12)10-24-17-21-20-16(25-17)19-15(22)13-7-2-3-8-14(13)18/h2-9H,10H2,1H3,(H,19,20,22). The van der Waals surface area contributed by atoms with Gasteiger partial charge in [-0.15, -0.1) is 10.2 Å². The van der Waals surface area contributed by atoms with Crippen LogP contribution in [0.5, 0.6) is 5.75 Å². The molecular weight excluding hydrogens is 361 g/mol. The van der Waals surface area contributed by atoms with E-state index in [0.29, 0.717) is 15.2 Å². The van der Waals surface area contributed by atoms with E-state index in [9.17, 15) is 9.18 Å². The van der Waals surface area contributed by atoms with Crippen molar-refractivity contribution in [2.45, 2.75) is 10.1 Å². The molecule has 25 heavy (non-hydrogen) atoms. The smallest absolute Gasteiger partial charge is 0.260 e. The summed E-state index contributed by atoms with van der Waals surface area (Å²) >= 11 is 2.75. The number of amides is 1. The van der Waals surface area contributed by atoms with Gasteiger partial charge in [0, 0.05) is 5.75 Å². The third-order valence-electron chi connectivity index (χ3n) is 3.24. The molecule has 0 atom stereocenters. The number of hydrogen-bond acceptors (Lipinski definition) is 6. The maximum atomic E-state index is 13.6. The lowest BCUT2D eigenvalue weighted by molar-refractivity contribution is 0.102. The van der Waals surface area contributed by atoms with Crippen molar-refractivity contribution in [2.75, 3.05) is 12.4 Å². The number of anilines is 1.